The number of carboxylic acids is 1. The quantitative estimate of drug-likeness (QED) is 0.167. The zero-order chi connectivity index (χ0) is 14.1. The largest absolute Gasteiger partial charge is 0.481 e. The zero-order valence-electron chi connectivity index (χ0n) is 9.96. The number of ketones is 2. The Labute approximate surface area is 104 Å². The maximum atomic E-state index is 11.4. The fraction of sp³-hybridized carbons (Fsp3) is 0.600. The van der Waals surface area contributed by atoms with Gasteiger partial charge in [-0.15, -0.1) is 0 Å². The van der Waals surface area contributed by atoms with Crippen LogP contribution in [0.5, 0.6) is 0 Å². The van der Waals surface area contributed by atoms with Crippen molar-refractivity contribution in [1.29, 1.82) is 0 Å². The maximum Gasteiger partial charge on any atom is 0.310 e. The molecule has 1 atom stereocenters. The highest BCUT2D eigenvalue weighted by Gasteiger charge is 2.18. The molecule has 0 aromatic rings. The number of rotatable bonds is 9. The number of aliphatic imine (C=N–C) groups is 1. The Balaban J connectivity index is 3.92. The van der Waals surface area contributed by atoms with Gasteiger partial charge in [0.15, 0.2) is 17.5 Å². The van der Waals surface area contributed by atoms with Crippen LogP contribution in [0.25, 0.3) is 0 Å². The summed E-state index contributed by atoms with van der Waals surface area (Å²) in [7, 11) is 0. The van der Waals surface area contributed by atoms with Crippen molar-refractivity contribution in [2.75, 3.05) is 6.54 Å². The molecule has 18 heavy (non-hydrogen) atoms. The molecule has 8 nitrogen and oxygen atoms in total. The number of hydrogen-bond donors (Lipinski definition) is 4. The summed E-state index contributed by atoms with van der Waals surface area (Å²) in [6.45, 7) is 0.354. The van der Waals surface area contributed by atoms with E-state index in [2.05, 4.69) is 4.99 Å². The van der Waals surface area contributed by atoms with E-state index in [4.69, 9.17) is 22.3 Å². The third-order valence-electron chi connectivity index (χ3n) is 2.10. The molecule has 0 aliphatic rings. The lowest BCUT2D eigenvalue weighted by Gasteiger charge is -2.08. The molecule has 0 amide bonds. The SMILES string of the molecule is NC(N)=NCCC[C@H](N)C(=O)CC(=O)CC(=O)O. The normalized spacial score (nSPS) is 11.6. The Bertz CT molecular complexity index is 350. The van der Waals surface area contributed by atoms with Crippen LogP contribution in [-0.4, -0.2) is 41.2 Å². The van der Waals surface area contributed by atoms with Crippen LogP contribution in [0.3, 0.4) is 0 Å². The minimum Gasteiger partial charge on any atom is -0.481 e. The molecule has 7 N–H and O–H groups in total. The third kappa shape index (κ3) is 8.22. The van der Waals surface area contributed by atoms with Crippen LogP contribution >= 0.6 is 0 Å². The summed E-state index contributed by atoms with van der Waals surface area (Å²) in [4.78, 5) is 36.5. The first-order valence-corrected chi connectivity index (χ1v) is 5.40. The summed E-state index contributed by atoms with van der Waals surface area (Å²) in [5.74, 6) is -2.40. The molecule has 0 bridgehead atoms. The molecule has 0 fully saturated rings. The summed E-state index contributed by atoms with van der Waals surface area (Å²) in [5, 5.41) is 8.36. The van der Waals surface area contributed by atoms with Crippen molar-refractivity contribution in [3.63, 3.8) is 0 Å². The second-order valence-electron chi connectivity index (χ2n) is 3.81. The molecule has 0 saturated carbocycles. The van der Waals surface area contributed by atoms with Gasteiger partial charge in [-0.25, -0.2) is 0 Å². The van der Waals surface area contributed by atoms with Gasteiger partial charge in [0.1, 0.15) is 6.42 Å². The average Bonchev–Trinajstić information content (AvgIpc) is 2.22. The van der Waals surface area contributed by atoms with Crippen LogP contribution in [-0.2, 0) is 14.4 Å². The van der Waals surface area contributed by atoms with E-state index in [1.54, 1.807) is 0 Å². The first-order chi connectivity index (χ1) is 8.32. The summed E-state index contributed by atoms with van der Waals surface area (Å²) < 4.78 is 0. The molecule has 0 spiro atoms. The fourth-order valence-electron chi connectivity index (χ4n) is 1.24. The van der Waals surface area contributed by atoms with Gasteiger partial charge in [-0.3, -0.25) is 19.4 Å². The monoisotopic (exact) mass is 258 g/mol. The van der Waals surface area contributed by atoms with E-state index in [0.717, 1.165) is 0 Å². The molecule has 0 rings (SSSR count). The second-order valence-corrected chi connectivity index (χ2v) is 3.81. The summed E-state index contributed by atoms with van der Waals surface area (Å²) in [5.41, 5.74) is 15.8. The van der Waals surface area contributed by atoms with Crippen molar-refractivity contribution in [2.45, 2.75) is 31.7 Å². The van der Waals surface area contributed by atoms with Crippen molar-refractivity contribution in [3.8, 4) is 0 Å². The molecule has 0 aromatic heterocycles. The number of carboxylic acid groups (broad SMARTS) is 1. The standard InChI is InChI=1S/C10H18N4O4/c11-7(2-1-3-14-10(12)13)8(16)4-6(15)5-9(17)18/h7H,1-5,11H2,(H,17,18)(H4,12,13,14)/t7-/m0/s1. The van der Waals surface area contributed by atoms with Crippen molar-refractivity contribution < 1.29 is 19.5 Å². The highest BCUT2D eigenvalue weighted by Crippen LogP contribution is 2.01. The number of aliphatic carboxylic acids is 1. The van der Waals surface area contributed by atoms with Crippen LogP contribution in [0.2, 0.25) is 0 Å². The van der Waals surface area contributed by atoms with Gasteiger partial charge in [0, 0.05) is 6.54 Å². The van der Waals surface area contributed by atoms with Gasteiger partial charge in [-0.05, 0) is 12.8 Å². The Hall–Kier alpha value is -1.96. The van der Waals surface area contributed by atoms with E-state index in [-0.39, 0.29) is 5.96 Å². The van der Waals surface area contributed by atoms with E-state index in [0.29, 0.717) is 19.4 Å². The lowest BCUT2D eigenvalue weighted by Crippen LogP contribution is -2.32. The Morgan fingerprint density at radius 3 is 2.28 bits per heavy atom. The number of guanidine groups is 1. The summed E-state index contributed by atoms with van der Waals surface area (Å²) >= 11 is 0. The highest BCUT2D eigenvalue weighted by molar-refractivity contribution is 6.06. The van der Waals surface area contributed by atoms with Crippen molar-refractivity contribution in [2.24, 2.45) is 22.2 Å². The van der Waals surface area contributed by atoms with E-state index < -0.39 is 36.4 Å². The molecule has 0 aliphatic heterocycles. The minimum absolute atomic E-state index is 0.0356. The number of nitrogens with zero attached hydrogens (tertiary/aromatic N) is 1. The lowest BCUT2D eigenvalue weighted by molar-refractivity contribution is -0.140. The van der Waals surface area contributed by atoms with E-state index in [9.17, 15) is 14.4 Å². The Morgan fingerprint density at radius 2 is 1.78 bits per heavy atom. The second kappa shape index (κ2) is 8.18. The lowest BCUT2D eigenvalue weighted by atomic mass is 10.0. The molecule has 0 heterocycles. The van der Waals surface area contributed by atoms with Gasteiger partial charge < -0.3 is 22.3 Å². The van der Waals surface area contributed by atoms with E-state index in [1.807, 2.05) is 0 Å². The fourth-order valence-corrected chi connectivity index (χ4v) is 1.24. The smallest absolute Gasteiger partial charge is 0.310 e. The van der Waals surface area contributed by atoms with Gasteiger partial charge in [0.25, 0.3) is 0 Å². The highest BCUT2D eigenvalue weighted by atomic mass is 16.4. The van der Waals surface area contributed by atoms with E-state index >= 15 is 0 Å². The number of nitrogens with two attached hydrogens (primary N) is 3. The zero-order valence-corrected chi connectivity index (χ0v) is 9.96. The topological polar surface area (TPSA) is 162 Å². The van der Waals surface area contributed by atoms with Crippen LogP contribution in [0.15, 0.2) is 4.99 Å². The summed E-state index contributed by atoms with van der Waals surface area (Å²) in [6, 6.07) is -0.794. The molecular formula is C10H18N4O4. The van der Waals surface area contributed by atoms with Crippen molar-refractivity contribution in [1.82, 2.24) is 0 Å². The molecule has 0 unspecified atom stereocenters. The van der Waals surface area contributed by atoms with Crippen molar-refractivity contribution in [3.05, 3.63) is 0 Å². The molecule has 0 saturated heterocycles. The molecular weight excluding hydrogens is 240 g/mol. The molecule has 8 heteroatoms. The first-order valence-electron chi connectivity index (χ1n) is 5.40. The first kappa shape index (κ1) is 16.0. The van der Waals surface area contributed by atoms with Gasteiger partial charge in [0.05, 0.1) is 12.5 Å². The van der Waals surface area contributed by atoms with Gasteiger partial charge in [-0.2, -0.15) is 0 Å². The van der Waals surface area contributed by atoms with Gasteiger partial charge >= 0.3 is 5.97 Å². The minimum atomic E-state index is -1.26. The molecule has 0 radical (unpaired) electrons. The number of hydrogen-bond acceptors (Lipinski definition) is 5. The van der Waals surface area contributed by atoms with E-state index in [1.165, 1.54) is 0 Å². The average molecular weight is 258 g/mol. The molecule has 0 aliphatic carbocycles. The van der Waals surface area contributed by atoms with Gasteiger partial charge in [-0.1, -0.05) is 0 Å². The van der Waals surface area contributed by atoms with Crippen LogP contribution in [0, 0.1) is 0 Å². The number of Topliss-reactive ketones (excluding diaryl/α,β-unsaturated/α-hetero) is 2. The van der Waals surface area contributed by atoms with Crippen molar-refractivity contribution >= 4 is 23.5 Å². The van der Waals surface area contributed by atoms with Crippen LogP contribution < -0.4 is 17.2 Å². The maximum absolute atomic E-state index is 11.4. The summed E-state index contributed by atoms with van der Waals surface area (Å²) in [6.07, 6.45) is -0.254. The predicted octanol–water partition coefficient (Wildman–Crippen LogP) is -1.63. The number of carbonyl (C=O) groups is 3. The van der Waals surface area contributed by atoms with Crippen LogP contribution in [0.1, 0.15) is 25.7 Å². The third-order valence-corrected chi connectivity index (χ3v) is 2.10. The van der Waals surface area contributed by atoms with Gasteiger partial charge in [0.2, 0.25) is 0 Å². The van der Waals surface area contributed by atoms with Crippen LogP contribution in [0.4, 0.5) is 0 Å². The molecule has 102 valence electrons. The predicted molar refractivity (Wildman–Crippen MR) is 64.8 cm³/mol. The molecule has 0 aromatic carbocycles. The Kier molecular flexibility index (Phi) is 7.29. The number of carbonyl (C=O) groups excluding carboxylic acids is 2. The Morgan fingerprint density at radius 1 is 1.17 bits per heavy atom.